The zero-order chi connectivity index (χ0) is 24.6. The van der Waals surface area contributed by atoms with Crippen molar-refractivity contribution in [1.82, 2.24) is 24.1 Å². The van der Waals surface area contributed by atoms with E-state index in [0.717, 1.165) is 18.2 Å². The number of hydrogen-bond acceptors (Lipinski definition) is 5. The molecular weight excluding hydrogens is 464 g/mol. The van der Waals surface area contributed by atoms with E-state index in [0.29, 0.717) is 41.1 Å². The van der Waals surface area contributed by atoms with Crippen LogP contribution in [-0.2, 0) is 0 Å². The number of imidazole rings is 1. The highest BCUT2D eigenvalue weighted by Gasteiger charge is 2.29. The highest BCUT2D eigenvalue weighted by molar-refractivity contribution is 6.09. The van der Waals surface area contributed by atoms with Crippen LogP contribution in [0.1, 0.15) is 34.8 Å². The number of anilines is 2. The maximum atomic E-state index is 14.5. The van der Waals surface area contributed by atoms with Crippen LogP contribution in [0.25, 0.3) is 11.3 Å². The molecule has 1 amide bonds. The Morgan fingerprint density at radius 2 is 1.97 bits per heavy atom. The van der Waals surface area contributed by atoms with Crippen molar-refractivity contribution in [3.63, 3.8) is 0 Å². The molecule has 1 atom stereocenters. The molecule has 36 heavy (non-hydrogen) atoms. The molecule has 1 aliphatic rings. The molecule has 10 heteroatoms. The number of pyridine rings is 2. The topological polar surface area (TPSA) is 80.3 Å². The fourth-order valence-electron chi connectivity index (χ4n) is 4.70. The molecule has 1 aromatic carbocycles. The fraction of sp³-hybridized carbons (Fsp3) is 0.154. The molecule has 4 aromatic heterocycles. The van der Waals surface area contributed by atoms with Gasteiger partial charge in [-0.15, -0.1) is 0 Å². The first-order chi connectivity index (χ1) is 17.6. The van der Waals surface area contributed by atoms with E-state index in [-0.39, 0.29) is 11.9 Å². The molecule has 5 heterocycles. The SMILES string of the molecule is O=C(Nc1ccc(-n2ccnc2)nc1)c1cnn2ccc(N3CCCC3c3cc(F)ccc3F)cc12. The number of halogens is 2. The van der Waals surface area contributed by atoms with Crippen molar-refractivity contribution in [2.24, 2.45) is 0 Å². The maximum absolute atomic E-state index is 14.5. The van der Waals surface area contributed by atoms with E-state index in [1.54, 1.807) is 52.3 Å². The number of carbonyl (C=O) groups excluding carboxylic acids is 1. The maximum Gasteiger partial charge on any atom is 0.259 e. The van der Waals surface area contributed by atoms with Gasteiger partial charge in [0.1, 0.15) is 23.8 Å². The van der Waals surface area contributed by atoms with Crippen LogP contribution in [0.4, 0.5) is 20.2 Å². The second kappa shape index (κ2) is 8.88. The number of amides is 1. The van der Waals surface area contributed by atoms with Gasteiger partial charge < -0.3 is 10.2 Å². The molecule has 0 spiro atoms. The van der Waals surface area contributed by atoms with Gasteiger partial charge in [0.05, 0.1) is 35.2 Å². The predicted octanol–water partition coefficient (Wildman–Crippen LogP) is 4.79. The lowest BCUT2D eigenvalue weighted by molar-refractivity contribution is 0.102. The van der Waals surface area contributed by atoms with Gasteiger partial charge in [-0.25, -0.2) is 23.3 Å². The molecule has 1 N–H and O–H groups in total. The number of nitrogens with zero attached hydrogens (tertiary/aromatic N) is 6. The van der Waals surface area contributed by atoms with Gasteiger partial charge in [0.2, 0.25) is 0 Å². The molecule has 0 saturated carbocycles. The van der Waals surface area contributed by atoms with Crippen molar-refractivity contribution in [2.45, 2.75) is 18.9 Å². The van der Waals surface area contributed by atoms with E-state index in [1.807, 2.05) is 17.0 Å². The number of benzene rings is 1. The minimum absolute atomic E-state index is 0.288. The zero-order valence-corrected chi connectivity index (χ0v) is 19.1. The molecular formula is C26H21F2N7O. The molecule has 0 radical (unpaired) electrons. The van der Waals surface area contributed by atoms with Crippen molar-refractivity contribution in [3.8, 4) is 5.82 Å². The standard InChI is InChI=1S/C26H21F2N7O/c27-17-3-5-22(28)20(12-17)23-2-1-9-34(23)19-7-10-35-24(13-19)21(15-31-35)26(36)32-18-4-6-25(30-14-18)33-11-8-29-16-33/h3-8,10-16,23H,1-2,9H2,(H,32,36). The Morgan fingerprint density at radius 3 is 2.78 bits per heavy atom. The summed E-state index contributed by atoms with van der Waals surface area (Å²) < 4.78 is 31.8. The quantitative estimate of drug-likeness (QED) is 0.387. The largest absolute Gasteiger partial charge is 0.364 e. The van der Waals surface area contributed by atoms with Crippen molar-refractivity contribution in [2.75, 3.05) is 16.8 Å². The van der Waals surface area contributed by atoms with Crippen molar-refractivity contribution in [3.05, 3.63) is 103 Å². The fourth-order valence-corrected chi connectivity index (χ4v) is 4.70. The van der Waals surface area contributed by atoms with Gasteiger partial charge in [0.25, 0.3) is 5.91 Å². The molecule has 180 valence electrons. The van der Waals surface area contributed by atoms with Crippen LogP contribution in [0.3, 0.4) is 0 Å². The Kier molecular flexibility index (Phi) is 5.40. The van der Waals surface area contributed by atoms with Crippen molar-refractivity contribution < 1.29 is 13.6 Å². The highest BCUT2D eigenvalue weighted by Crippen LogP contribution is 2.38. The molecule has 0 bridgehead atoms. The minimum atomic E-state index is -0.462. The summed E-state index contributed by atoms with van der Waals surface area (Å²) in [5.41, 5.74) is 2.70. The molecule has 1 aliphatic heterocycles. The van der Waals surface area contributed by atoms with Crippen LogP contribution in [0.5, 0.6) is 0 Å². The van der Waals surface area contributed by atoms with Crippen LogP contribution >= 0.6 is 0 Å². The van der Waals surface area contributed by atoms with E-state index in [2.05, 4.69) is 20.4 Å². The third kappa shape index (κ3) is 3.96. The third-order valence-corrected chi connectivity index (χ3v) is 6.43. The van der Waals surface area contributed by atoms with Crippen LogP contribution in [0.15, 0.2) is 79.8 Å². The first kappa shape index (κ1) is 21.9. The monoisotopic (exact) mass is 485 g/mol. The summed E-state index contributed by atoms with van der Waals surface area (Å²) >= 11 is 0. The normalized spacial score (nSPS) is 15.5. The molecule has 5 aromatic rings. The summed E-state index contributed by atoms with van der Waals surface area (Å²) in [6, 6.07) is 10.5. The molecule has 1 saturated heterocycles. The van der Waals surface area contributed by atoms with Gasteiger partial charge in [-0.1, -0.05) is 0 Å². The number of aromatic nitrogens is 5. The van der Waals surface area contributed by atoms with Crippen molar-refractivity contribution >= 4 is 22.8 Å². The van der Waals surface area contributed by atoms with Crippen LogP contribution < -0.4 is 10.2 Å². The highest BCUT2D eigenvalue weighted by atomic mass is 19.1. The third-order valence-electron chi connectivity index (χ3n) is 6.43. The van der Waals surface area contributed by atoms with E-state index in [4.69, 9.17) is 0 Å². The Hall–Kier alpha value is -4.60. The van der Waals surface area contributed by atoms with Gasteiger partial charge >= 0.3 is 0 Å². The van der Waals surface area contributed by atoms with Gasteiger partial charge in [0, 0.05) is 36.4 Å². The lowest BCUT2D eigenvalue weighted by Crippen LogP contribution is -2.23. The lowest BCUT2D eigenvalue weighted by Gasteiger charge is -2.27. The summed E-state index contributed by atoms with van der Waals surface area (Å²) in [5.74, 6) is -0.531. The number of carbonyl (C=O) groups is 1. The minimum Gasteiger partial charge on any atom is -0.364 e. The summed E-state index contributed by atoms with van der Waals surface area (Å²) in [6.45, 7) is 0.696. The number of nitrogens with one attached hydrogen (secondary N) is 1. The van der Waals surface area contributed by atoms with Gasteiger partial charge in [-0.05, 0) is 55.3 Å². The van der Waals surface area contributed by atoms with E-state index >= 15 is 0 Å². The first-order valence-corrected chi connectivity index (χ1v) is 11.5. The predicted molar refractivity (Wildman–Crippen MR) is 130 cm³/mol. The molecule has 8 nitrogen and oxygen atoms in total. The summed E-state index contributed by atoms with van der Waals surface area (Å²) in [7, 11) is 0. The van der Waals surface area contributed by atoms with Gasteiger partial charge in [0.15, 0.2) is 0 Å². The average molecular weight is 485 g/mol. The Labute approximate surface area is 204 Å². The Balaban J connectivity index is 1.27. The smallest absolute Gasteiger partial charge is 0.259 e. The lowest BCUT2D eigenvalue weighted by atomic mass is 10.0. The average Bonchev–Trinajstić information content (AvgIpc) is 3.66. The van der Waals surface area contributed by atoms with Crippen molar-refractivity contribution in [1.29, 1.82) is 0 Å². The van der Waals surface area contributed by atoms with Crippen LogP contribution in [0, 0.1) is 11.6 Å². The van der Waals surface area contributed by atoms with Crippen LogP contribution in [0.2, 0.25) is 0 Å². The molecule has 6 rings (SSSR count). The molecule has 1 fully saturated rings. The molecule has 0 aliphatic carbocycles. The number of fused-ring (bicyclic) bond motifs is 1. The summed E-state index contributed by atoms with van der Waals surface area (Å²) in [5, 5.41) is 7.16. The summed E-state index contributed by atoms with van der Waals surface area (Å²) in [6.07, 6.45) is 11.5. The van der Waals surface area contributed by atoms with Crippen LogP contribution in [-0.4, -0.2) is 36.6 Å². The van der Waals surface area contributed by atoms with E-state index < -0.39 is 11.6 Å². The van der Waals surface area contributed by atoms with Gasteiger partial charge in [-0.2, -0.15) is 5.10 Å². The second-order valence-corrected chi connectivity index (χ2v) is 8.62. The van der Waals surface area contributed by atoms with E-state index in [1.165, 1.54) is 18.3 Å². The summed E-state index contributed by atoms with van der Waals surface area (Å²) in [4.78, 5) is 23.5. The zero-order valence-electron chi connectivity index (χ0n) is 19.1. The molecule has 1 unspecified atom stereocenters. The second-order valence-electron chi connectivity index (χ2n) is 8.62. The Bertz CT molecular complexity index is 1550. The number of rotatable bonds is 5. The van der Waals surface area contributed by atoms with Gasteiger partial charge in [-0.3, -0.25) is 9.36 Å². The van der Waals surface area contributed by atoms with E-state index in [9.17, 15) is 13.6 Å². The Morgan fingerprint density at radius 1 is 1.06 bits per heavy atom. The first-order valence-electron chi connectivity index (χ1n) is 11.5. The number of hydrogen-bond donors (Lipinski definition) is 1.